The molecule has 4 rings (SSSR count). The predicted molar refractivity (Wildman–Crippen MR) is 129 cm³/mol. The zero-order valence-electron chi connectivity index (χ0n) is 19.0. The lowest BCUT2D eigenvalue weighted by Gasteiger charge is -2.35. The minimum Gasteiger partial charge on any atom is -0.481 e. The van der Waals surface area contributed by atoms with Crippen LogP contribution >= 0.6 is 11.6 Å². The number of rotatable bonds is 6. The molecule has 1 amide bonds. The van der Waals surface area contributed by atoms with Crippen molar-refractivity contribution < 1.29 is 23.8 Å². The molecule has 0 aliphatic carbocycles. The van der Waals surface area contributed by atoms with Crippen molar-refractivity contribution in [1.29, 1.82) is 0 Å². The number of ether oxygens (including phenoxy) is 1. The van der Waals surface area contributed by atoms with Crippen LogP contribution in [0.1, 0.15) is 26.7 Å². The van der Waals surface area contributed by atoms with Crippen LogP contribution in [0.4, 0.5) is 0 Å². The number of benzene rings is 2. The maximum absolute atomic E-state index is 13.0. The zero-order chi connectivity index (χ0) is 24.4. The van der Waals surface area contributed by atoms with E-state index in [0.29, 0.717) is 40.4 Å². The van der Waals surface area contributed by atoms with Crippen LogP contribution in [0, 0.1) is 11.8 Å². The average molecular weight is 484 g/mol. The molecule has 1 aromatic heterocycles. The van der Waals surface area contributed by atoms with E-state index in [1.54, 1.807) is 43.0 Å². The molecule has 0 spiro atoms. The molecule has 0 bridgehead atoms. The highest BCUT2D eigenvalue weighted by Crippen LogP contribution is 2.34. The van der Waals surface area contributed by atoms with Crippen LogP contribution < -0.4 is 10.4 Å². The molecule has 7 nitrogen and oxygen atoms in total. The average Bonchev–Trinajstić information content (AvgIpc) is 2.82. The molecule has 2 heterocycles. The smallest absolute Gasteiger partial charge is 0.336 e. The van der Waals surface area contributed by atoms with Gasteiger partial charge in [-0.3, -0.25) is 9.59 Å². The van der Waals surface area contributed by atoms with Gasteiger partial charge in [0.1, 0.15) is 11.3 Å². The Kier molecular flexibility index (Phi) is 6.93. The van der Waals surface area contributed by atoms with Gasteiger partial charge in [-0.25, -0.2) is 4.79 Å². The number of carboxylic acid groups (broad SMARTS) is 1. The molecule has 1 aliphatic heterocycles. The number of amides is 1. The Morgan fingerprint density at radius 3 is 2.65 bits per heavy atom. The first-order valence-corrected chi connectivity index (χ1v) is 11.6. The van der Waals surface area contributed by atoms with E-state index in [9.17, 15) is 19.5 Å². The second-order valence-corrected chi connectivity index (χ2v) is 9.10. The summed E-state index contributed by atoms with van der Waals surface area (Å²) < 4.78 is 11.3. The Morgan fingerprint density at radius 2 is 1.91 bits per heavy atom. The predicted octanol–water partition coefficient (Wildman–Crippen LogP) is 4.84. The third-order valence-corrected chi connectivity index (χ3v) is 6.74. The van der Waals surface area contributed by atoms with Crippen molar-refractivity contribution in [1.82, 2.24) is 4.90 Å². The maximum atomic E-state index is 13.0. The SMILES string of the molecule is CC(C(=O)O)[C@@H]1CCCN(C(=O)[C@@H](C)Oc2ccc3c(-c4ccccc4Cl)cc(=O)oc3c2)C1. The van der Waals surface area contributed by atoms with E-state index in [1.165, 1.54) is 6.07 Å². The summed E-state index contributed by atoms with van der Waals surface area (Å²) in [5, 5.41) is 10.5. The summed E-state index contributed by atoms with van der Waals surface area (Å²) in [6.07, 6.45) is 0.756. The Labute approximate surface area is 201 Å². The number of piperidine rings is 1. The quantitative estimate of drug-likeness (QED) is 0.504. The first-order valence-electron chi connectivity index (χ1n) is 11.3. The Balaban J connectivity index is 1.54. The molecule has 1 unspecified atom stereocenters. The fourth-order valence-electron chi connectivity index (χ4n) is 4.45. The molecule has 1 saturated heterocycles. The summed E-state index contributed by atoms with van der Waals surface area (Å²) in [4.78, 5) is 38.2. The molecule has 1 N–H and O–H groups in total. The van der Waals surface area contributed by atoms with Gasteiger partial charge in [0.15, 0.2) is 6.10 Å². The van der Waals surface area contributed by atoms with Gasteiger partial charge >= 0.3 is 11.6 Å². The van der Waals surface area contributed by atoms with Gasteiger partial charge in [-0.15, -0.1) is 0 Å². The summed E-state index contributed by atoms with van der Waals surface area (Å²) in [7, 11) is 0. The van der Waals surface area contributed by atoms with Crippen LogP contribution in [-0.2, 0) is 9.59 Å². The third kappa shape index (κ3) is 4.94. The Hall–Kier alpha value is -3.32. The van der Waals surface area contributed by atoms with Crippen molar-refractivity contribution in [2.45, 2.75) is 32.8 Å². The number of aliphatic carboxylic acids is 1. The van der Waals surface area contributed by atoms with Crippen LogP contribution in [-0.4, -0.2) is 41.1 Å². The molecule has 8 heteroatoms. The van der Waals surface area contributed by atoms with E-state index < -0.39 is 23.6 Å². The van der Waals surface area contributed by atoms with Crippen molar-refractivity contribution >= 4 is 34.4 Å². The molecule has 0 radical (unpaired) electrons. The minimum atomic E-state index is -0.850. The van der Waals surface area contributed by atoms with Crippen LogP contribution in [0.5, 0.6) is 5.75 Å². The highest BCUT2D eigenvalue weighted by atomic mass is 35.5. The van der Waals surface area contributed by atoms with E-state index in [0.717, 1.165) is 18.4 Å². The molecular formula is C26H26ClNO6. The standard InChI is InChI=1S/C26H26ClNO6/c1-15(26(31)32)17-6-5-11-28(14-17)25(30)16(2)33-18-9-10-20-21(13-24(29)34-23(20)12-18)19-7-3-4-8-22(19)27/h3-4,7-10,12-13,15-17H,5-6,11,14H2,1-2H3,(H,31,32)/t15?,16-,17-/m1/s1. The largest absolute Gasteiger partial charge is 0.481 e. The topological polar surface area (TPSA) is 97.0 Å². The molecule has 0 saturated carbocycles. The van der Waals surface area contributed by atoms with Crippen molar-refractivity contribution in [3.05, 3.63) is 64.0 Å². The highest BCUT2D eigenvalue weighted by Gasteiger charge is 2.32. The van der Waals surface area contributed by atoms with Crippen molar-refractivity contribution in [2.75, 3.05) is 13.1 Å². The fourth-order valence-corrected chi connectivity index (χ4v) is 4.69. The summed E-state index contributed by atoms with van der Waals surface area (Å²) in [5.74, 6) is -1.26. The molecule has 34 heavy (non-hydrogen) atoms. The Morgan fingerprint density at radius 1 is 1.15 bits per heavy atom. The molecule has 1 aliphatic rings. The van der Waals surface area contributed by atoms with Gasteiger partial charge in [0, 0.05) is 46.8 Å². The lowest BCUT2D eigenvalue weighted by Crippen LogP contribution is -2.47. The first-order chi connectivity index (χ1) is 16.2. The second-order valence-electron chi connectivity index (χ2n) is 8.69. The van der Waals surface area contributed by atoms with Crippen LogP contribution in [0.15, 0.2) is 57.7 Å². The van der Waals surface area contributed by atoms with E-state index in [-0.39, 0.29) is 11.8 Å². The molecule has 2 aromatic carbocycles. The lowest BCUT2D eigenvalue weighted by atomic mass is 9.86. The minimum absolute atomic E-state index is 0.0828. The summed E-state index contributed by atoms with van der Waals surface area (Å²) in [5.41, 5.74) is 1.18. The van der Waals surface area contributed by atoms with Gasteiger partial charge in [0.05, 0.1) is 5.92 Å². The van der Waals surface area contributed by atoms with E-state index >= 15 is 0 Å². The number of hydrogen-bond donors (Lipinski definition) is 1. The normalized spacial score (nSPS) is 17.9. The highest BCUT2D eigenvalue weighted by molar-refractivity contribution is 6.33. The summed E-state index contributed by atoms with van der Waals surface area (Å²) in [6, 6.07) is 13.7. The van der Waals surface area contributed by atoms with Crippen molar-refractivity contribution in [3.63, 3.8) is 0 Å². The number of halogens is 1. The van der Waals surface area contributed by atoms with Crippen LogP contribution in [0.3, 0.4) is 0 Å². The summed E-state index contributed by atoms with van der Waals surface area (Å²) in [6.45, 7) is 4.31. The number of carbonyl (C=O) groups is 2. The van der Waals surface area contributed by atoms with Crippen LogP contribution in [0.25, 0.3) is 22.1 Å². The molecule has 3 atom stereocenters. The summed E-state index contributed by atoms with van der Waals surface area (Å²) >= 11 is 6.34. The van der Waals surface area contributed by atoms with Gasteiger partial charge in [0.25, 0.3) is 5.91 Å². The second kappa shape index (κ2) is 9.89. The number of nitrogens with zero attached hydrogens (tertiary/aromatic N) is 1. The van der Waals surface area contributed by atoms with Crippen molar-refractivity contribution in [2.24, 2.45) is 11.8 Å². The van der Waals surface area contributed by atoms with Crippen molar-refractivity contribution in [3.8, 4) is 16.9 Å². The number of hydrogen-bond acceptors (Lipinski definition) is 5. The monoisotopic (exact) mass is 483 g/mol. The zero-order valence-corrected chi connectivity index (χ0v) is 19.7. The van der Waals surface area contributed by atoms with Gasteiger partial charge in [-0.1, -0.05) is 36.7 Å². The van der Waals surface area contributed by atoms with E-state index in [4.69, 9.17) is 20.8 Å². The van der Waals surface area contributed by atoms with Gasteiger partial charge < -0.3 is 19.2 Å². The maximum Gasteiger partial charge on any atom is 0.336 e. The van der Waals surface area contributed by atoms with Gasteiger partial charge in [-0.2, -0.15) is 0 Å². The molecule has 3 aromatic rings. The van der Waals surface area contributed by atoms with E-state index in [2.05, 4.69) is 0 Å². The van der Waals surface area contributed by atoms with Gasteiger partial charge in [-0.05, 0) is 43.9 Å². The lowest BCUT2D eigenvalue weighted by molar-refractivity contribution is -0.147. The third-order valence-electron chi connectivity index (χ3n) is 6.41. The number of likely N-dealkylation sites (tertiary alicyclic amines) is 1. The number of carbonyl (C=O) groups excluding carboxylic acids is 1. The van der Waals surface area contributed by atoms with Gasteiger partial charge in [0.2, 0.25) is 0 Å². The molecule has 1 fully saturated rings. The number of carboxylic acids is 1. The molecule has 178 valence electrons. The molecular weight excluding hydrogens is 458 g/mol. The number of fused-ring (bicyclic) bond motifs is 1. The fraction of sp³-hybridized carbons (Fsp3) is 0.346. The Bertz CT molecular complexity index is 1290. The van der Waals surface area contributed by atoms with Crippen LogP contribution in [0.2, 0.25) is 5.02 Å². The van der Waals surface area contributed by atoms with E-state index in [1.807, 2.05) is 18.2 Å². The first kappa shape index (κ1) is 23.8.